The van der Waals surface area contributed by atoms with Gasteiger partial charge < -0.3 is 20.3 Å². The van der Waals surface area contributed by atoms with Crippen molar-refractivity contribution in [1.29, 1.82) is 0 Å². The summed E-state index contributed by atoms with van der Waals surface area (Å²) in [5, 5.41) is 31.1. The molecule has 3 rings (SSSR count). The number of nitrogens with zero attached hydrogens (tertiary/aromatic N) is 5. The van der Waals surface area contributed by atoms with Crippen LogP contribution in [0, 0.1) is 5.92 Å². The molecule has 0 spiro atoms. The van der Waals surface area contributed by atoms with Gasteiger partial charge in [-0.25, -0.2) is 4.98 Å². The Morgan fingerprint density at radius 2 is 2.24 bits per heavy atom. The Balaban J connectivity index is 1.61. The first-order valence-corrected chi connectivity index (χ1v) is 7.89. The van der Waals surface area contributed by atoms with E-state index < -0.39 is 24.2 Å². The zero-order valence-electron chi connectivity index (χ0n) is 13.7. The summed E-state index contributed by atoms with van der Waals surface area (Å²) in [6.45, 7) is 0.735. The van der Waals surface area contributed by atoms with E-state index in [2.05, 4.69) is 25.6 Å². The zero-order valence-corrected chi connectivity index (χ0v) is 13.7. The van der Waals surface area contributed by atoms with Crippen molar-refractivity contribution >= 4 is 5.91 Å². The van der Waals surface area contributed by atoms with Gasteiger partial charge >= 0.3 is 0 Å². The molecular formula is C15H20N6O4. The van der Waals surface area contributed by atoms with Crippen LogP contribution in [-0.4, -0.2) is 66.4 Å². The zero-order chi connectivity index (χ0) is 17.8. The predicted molar refractivity (Wildman–Crippen MR) is 84.1 cm³/mol. The number of aliphatic hydroxyl groups excluding tert-OH is 2. The fourth-order valence-electron chi connectivity index (χ4n) is 2.99. The normalized spacial score (nSPS) is 25.9. The van der Waals surface area contributed by atoms with E-state index in [1.54, 1.807) is 18.0 Å². The van der Waals surface area contributed by atoms with Crippen LogP contribution in [0.5, 0.6) is 0 Å². The number of rotatable bonds is 6. The predicted octanol–water partition coefficient (Wildman–Crippen LogP) is -1.25. The molecule has 1 aliphatic carbocycles. The number of carbonyl (C=O) groups is 1. The molecule has 2 aromatic rings. The average Bonchev–Trinajstić information content (AvgIpc) is 3.16. The highest BCUT2D eigenvalue weighted by Crippen LogP contribution is 2.28. The van der Waals surface area contributed by atoms with E-state index in [4.69, 9.17) is 4.74 Å². The molecule has 2 heterocycles. The lowest BCUT2D eigenvalue weighted by Crippen LogP contribution is -2.43. The van der Waals surface area contributed by atoms with Crippen LogP contribution in [0.4, 0.5) is 0 Å². The molecule has 0 aliphatic heterocycles. The topological polar surface area (TPSA) is 135 Å². The van der Waals surface area contributed by atoms with Crippen LogP contribution in [0.2, 0.25) is 0 Å². The highest BCUT2D eigenvalue weighted by molar-refractivity contribution is 5.92. The van der Waals surface area contributed by atoms with Gasteiger partial charge in [-0.2, -0.15) is 0 Å². The number of ether oxygens (including phenoxy) is 1. The van der Waals surface area contributed by atoms with Gasteiger partial charge in [-0.15, -0.1) is 5.10 Å². The van der Waals surface area contributed by atoms with Crippen molar-refractivity contribution in [2.45, 2.75) is 37.8 Å². The summed E-state index contributed by atoms with van der Waals surface area (Å²) >= 11 is 0. The van der Waals surface area contributed by atoms with Crippen molar-refractivity contribution in [2.24, 2.45) is 5.92 Å². The Kier molecular flexibility index (Phi) is 5.31. The van der Waals surface area contributed by atoms with Gasteiger partial charge in [0.05, 0.1) is 31.1 Å². The van der Waals surface area contributed by atoms with Crippen molar-refractivity contribution in [1.82, 2.24) is 30.3 Å². The quantitative estimate of drug-likeness (QED) is 0.589. The largest absolute Gasteiger partial charge is 0.390 e. The Hall–Kier alpha value is -2.43. The van der Waals surface area contributed by atoms with Crippen molar-refractivity contribution in [2.75, 3.05) is 7.11 Å². The molecule has 10 heteroatoms. The monoisotopic (exact) mass is 348 g/mol. The summed E-state index contributed by atoms with van der Waals surface area (Å²) in [5.74, 6) is -0.701. The highest BCUT2D eigenvalue weighted by Gasteiger charge is 2.42. The van der Waals surface area contributed by atoms with E-state index in [9.17, 15) is 15.0 Å². The maximum absolute atomic E-state index is 12.1. The Labute approximate surface area is 143 Å². The van der Waals surface area contributed by atoms with E-state index in [1.807, 2.05) is 0 Å². The van der Waals surface area contributed by atoms with E-state index >= 15 is 0 Å². The lowest BCUT2D eigenvalue weighted by molar-refractivity contribution is 0.00759. The molecule has 1 saturated carbocycles. The van der Waals surface area contributed by atoms with Crippen LogP contribution in [0.25, 0.3) is 0 Å². The standard InChI is InChI=1S/C15H20N6O4/c1-25-8-10-7-21(20-19-10)6-9-4-11(14(23)13(9)22)18-15(24)12-5-16-2-3-17-12/h2-3,5,7,9,11,13-14,22-23H,4,6,8H2,1H3,(H,18,24)/t9-,11-,13-,14+/m1/s1. The summed E-state index contributed by atoms with van der Waals surface area (Å²) < 4.78 is 6.59. The molecule has 1 amide bonds. The number of hydrogen-bond donors (Lipinski definition) is 3. The molecule has 25 heavy (non-hydrogen) atoms. The molecule has 134 valence electrons. The molecular weight excluding hydrogens is 328 g/mol. The van der Waals surface area contributed by atoms with Crippen LogP contribution in [0.3, 0.4) is 0 Å². The summed E-state index contributed by atoms with van der Waals surface area (Å²) in [6.07, 6.45) is 4.34. The van der Waals surface area contributed by atoms with E-state index in [-0.39, 0.29) is 11.6 Å². The molecule has 0 aromatic carbocycles. The summed E-state index contributed by atoms with van der Waals surface area (Å²) in [6, 6.07) is -0.573. The van der Waals surface area contributed by atoms with Gasteiger partial charge in [0.2, 0.25) is 0 Å². The lowest BCUT2D eigenvalue weighted by Gasteiger charge is -2.17. The number of nitrogens with one attached hydrogen (secondary N) is 1. The molecule has 0 saturated heterocycles. The summed E-state index contributed by atoms with van der Waals surface area (Å²) in [5.41, 5.74) is 0.844. The second kappa shape index (κ2) is 7.64. The smallest absolute Gasteiger partial charge is 0.271 e. The van der Waals surface area contributed by atoms with Crippen LogP contribution in [-0.2, 0) is 17.9 Å². The average molecular weight is 348 g/mol. The third-order valence-electron chi connectivity index (χ3n) is 4.21. The SMILES string of the molecule is COCc1cn(C[C@H]2C[C@@H](NC(=O)c3cnccn3)[C@H](O)[C@@H]2O)nn1. The Morgan fingerprint density at radius 3 is 2.96 bits per heavy atom. The summed E-state index contributed by atoms with van der Waals surface area (Å²) in [4.78, 5) is 19.9. The van der Waals surface area contributed by atoms with Crippen molar-refractivity contribution in [3.8, 4) is 0 Å². The number of aromatic nitrogens is 5. The Morgan fingerprint density at radius 1 is 1.40 bits per heavy atom. The van der Waals surface area contributed by atoms with Gasteiger partial charge in [0, 0.05) is 32.0 Å². The van der Waals surface area contributed by atoms with Gasteiger partial charge in [-0.1, -0.05) is 5.21 Å². The molecule has 0 radical (unpaired) electrons. The molecule has 1 aliphatic rings. The first-order valence-electron chi connectivity index (χ1n) is 7.89. The summed E-state index contributed by atoms with van der Waals surface area (Å²) in [7, 11) is 1.57. The fourth-order valence-corrected chi connectivity index (χ4v) is 2.99. The third kappa shape index (κ3) is 3.98. The van der Waals surface area contributed by atoms with Crippen LogP contribution in [0.15, 0.2) is 24.8 Å². The number of aliphatic hydroxyl groups is 2. The number of carbonyl (C=O) groups excluding carboxylic acids is 1. The minimum atomic E-state index is -1.06. The molecule has 0 bridgehead atoms. The highest BCUT2D eigenvalue weighted by atomic mass is 16.5. The van der Waals surface area contributed by atoms with Crippen LogP contribution in [0.1, 0.15) is 22.6 Å². The molecule has 2 aromatic heterocycles. The van der Waals surface area contributed by atoms with E-state index in [0.29, 0.717) is 25.3 Å². The fraction of sp³-hybridized carbons (Fsp3) is 0.533. The van der Waals surface area contributed by atoms with Gasteiger partial charge in [-0.05, 0) is 6.42 Å². The molecule has 4 atom stereocenters. The van der Waals surface area contributed by atoms with Gasteiger partial charge in [0.1, 0.15) is 17.5 Å². The molecule has 10 nitrogen and oxygen atoms in total. The minimum absolute atomic E-state index is 0.160. The van der Waals surface area contributed by atoms with Gasteiger partial charge in [0.25, 0.3) is 5.91 Å². The van der Waals surface area contributed by atoms with E-state index in [1.165, 1.54) is 18.6 Å². The van der Waals surface area contributed by atoms with Crippen LogP contribution >= 0.6 is 0 Å². The van der Waals surface area contributed by atoms with Crippen LogP contribution < -0.4 is 5.32 Å². The second-order valence-corrected chi connectivity index (χ2v) is 6.01. The van der Waals surface area contributed by atoms with Crippen molar-refractivity contribution in [3.05, 3.63) is 36.2 Å². The Bertz CT molecular complexity index is 709. The number of hydrogen-bond acceptors (Lipinski definition) is 8. The molecule has 3 N–H and O–H groups in total. The van der Waals surface area contributed by atoms with Gasteiger partial charge in [0.15, 0.2) is 0 Å². The van der Waals surface area contributed by atoms with Crippen molar-refractivity contribution in [3.63, 3.8) is 0 Å². The molecule has 0 unspecified atom stereocenters. The maximum Gasteiger partial charge on any atom is 0.271 e. The lowest BCUT2D eigenvalue weighted by atomic mass is 10.1. The number of methoxy groups -OCH3 is 1. The first-order chi connectivity index (χ1) is 12.1. The second-order valence-electron chi connectivity index (χ2n) is 6.01. The first kappa shape index (κ1) is 17.4. The number of amides is 1. The van der Waals surface area contributed by atoms with Gasteiger partial charge in [-0.3, -0.25) is 14.5 Å². The van der Waals surface area contributed by atoms with E-state index in [0.717, 1.165) is 0 Å². The minimum Gasteiger partial charge on any atom is -0.390 e. The third-order valence-corrected chi connectivity index (χ3v) is 4.21. The van der Waals surface area contributed by atoms with Crippen molar-refractivity contribution < 1.29 is 19.7 Å². The maximum atomic E-state index is 12.1. The molecule has 1 fully saturated rings.